The van der Waals surface area contributed by atoms with Gasteiger partial charge >= 0.3 is 0 Å². The van der Waals surface area contributed by atoms with E-state index in [0.717, 1.165) is 35.3 Å². The third kappa shape index (κ3) is 2.82. The van der Waals surface area contributed by atoms with Crippen molar-refractivity contribution in [3.8, 4) is 34.4 Å². The lowest BCUT2D eigenvalue weighted by Gasteiger charge is -2.34. The van der Waals surface area contributed by atoms with Crippen molar-refractivity contribution in [2.75, 3.05) is 27.5 Å². The molecule has 2 aliphatic heterocycles. The van der Waals surface area contributed by atoms with Gasteiger partial charge in [0, 0.05) is 17.7 Å². The Morgan fingerprint density at radius 1 is 1.12 bits per heavy atom. The van der Waals surface area contributed by atoms with E-state index in [2.05, 4.69) is 37.7 Å². The van der Waals surface area contributed by atoms with Crippen molar-refractivity contribution in [2.24, 2.45) is 0 Å². The van der Waals surface area contributed by atoms with Crippen molar-refractivity contribution in [3.63, 3.8) is 0 Å². The summed E-state index contributed by atoms with van der Waals surface area (Å²) in [5, 5.41) is 20.3. The van der Waals surface area contributed by atoms with Crippen LogP contribution in [0.1, 0.15) is 23.0 Å². The Hall–Kier alpha value is -3.99. The van der Waals surface area contributed by atoms with Crippen LogP contribution in [-0.4, -0.2) is 62.8 Å². The van der Waals surface area contributed by atoms with E-state index in [4.69, 9.17) is 18.6 Å². The maximum atomic E-state index is 5.80. The van der Waals surface area contributed by atoms with E-state index in [-0.39, 0.29) is 12.8 Å². The zero-order valence-corrected chi connectivity index (χ0v) is 17.4. The molecule has 11 heteroatoms. The topological polar surface area (TPSA) is 113 Å². The van der Waals surface area contributed by atoms with Crippen LogP contribution in [0.3, 0.4) is 0 Å². The number of ether oxygens (including phenoxy) is 3. The standard InChI is InChI=1S/C21H19N7O4/c1-27-8-7-13-9-15-18(32-11-31-15)19(29-2)16(13)17(27)20-23-25-26-28(20)14-5-3-12(4-6-14)21-24-22-10-30-21/h3-6,9-10,17H,7-8,11H2,1-2H3/t17-/m0/s1. The Kier molecular flexibility index (Phi) is 4.28. The highest BCUT2D eigenvalue weighted by atomic mass is 16.7. The summed E-state index contributed by atoms with van der Waals surface area (Å²) in [7, 11) is 3.69. The summed E-state index contributed by atoms with van der Waals surface area (Å²) in [6.07, 6.45) is 2.16. The third-order valence-electron chi connectivity index (χ3n) is 5.85. The van der Waals surface area contributed by atoms with Crippen LogP contribution in [0.4, 0.5) is 0 Å². The smallest absolute Gasteiger partial charge is 0.247 e. The second kappa shape index (κ2) is 7.31. The number of hydrogen-bond acceptors (Lipinski definition) is 10. The maximum absolute atomic E-state index is 5.80. The van der Waals surface area contributed by atoms with Gasteiger partial charge in [0.15, 0.2) is 17.3 Å². The van der Waals surface area contributed by atoms with Gasteiger partial charge in [0.2, 0.25) is 24.8 Å². The summed E-state index contributed by atoms with van der Waals surface area (Å²) >= 11 is 0. The van der Waals surface area contributed by atoms with Crippen LogP contribution in [0, 0.1) is 0 Å². The molecule has 0 aliphatic carbocycles. The van der Waals surface area contributed by atoms with Crippen molar-refractivity contribution < 1.29 is 18.6 Å². The Morgan fingerprint density at radius 2 is 2.00 bits per heavy atom. The van der Waals surface area contributed by atoms with Gasteiger partial charge in [0.05, 0.1) is 12.8 Å². The van der Waals surface area contributed by atoms with Gasteiger partial charge in [-0.2, -0.15) is 4.68 Å². The minimum Gasteiger partial charge on any atom is -0.492 e. The first-order chi connectivity index (χ1) is 15.7. The molecule has 0 N–H and O–H groups in total. The first kappa shape index (κ1) is 18.8. The number of likely N-dealkylation sites (N-methyl/N-ethyl adjacent to an activating group) is 1. The zero-order chi connectivity index (χ0) is 21.7. The van der Waals surface area contributed by atoms with E-state index in [1.807, 2.05) is 30.3 Å². The van der Waals surface area contributed by atoms with Crippen molar-refractivity contribution in [2.45, 2.75) is 12.5 Å². The third-order valence-corrected chi connectivity index (χ3v) is 5.85. The van der Waals surface area contributed by atoms with Crippen LogP contribution in [0.2, 0.25) is 0 Å². The minimum atomic E-state index is -0.228. The SMILES string of the molecule is COc1c2c(cc3c1[C@@H](c1nnnn1-c1ccc(-c4nnco4)cc1)N(C)CC3)OCO2. The molecular weight excluding hydrogens is 414 g/mol. The molecule has 0 bridgehead atoms. The summed E-state index contributed by atoms with van der Waals surface area (Å²) in [5.74, 6) is 3.12. The number of hydrogen-bond donors (Lipinski definition) is 0. The van der Waals surface area contributed by atoms with Crippen LogP contribution in [0.5, 0.6) is 17.2 Å². The molecule has 32 heavy (non-hydrogen) atoms. The van der Waals surface area contributed by atoms with E-state index in [1.54, 1.807) is 11.8 Å². The molecule has 2 aromatic heterocycles. The molecule has 11 nitrogen and oxygen atoms in total. The van der Waals surface area contributed by atoms with Crippen LogP contribution in [-0.2, 0) is 6.42 Å². The van der Waals surface area contributed by atoms with E-state index >= 15 is 0 Å². The van der Waals surface area contributed by atoms with E-state index in [0.29, 0.717) is 29.0 Å². The molecule has 0 amide bonds. The quantitative estimate of drug-likeness (QED) is 0.474. The molecule has 0 saturated carbocycles. The number of nitrogens with zero attached hydrogens (tertiary/aromatic N) is 7. The molecule has 2 aliphatic rings. The van der Waals surface area contributed by atoms with Gasteiger partial charge in [-0.3, -0.25) is 4.90 Å². The molecule has 4 aromatic rings. The van der Waals surface area contributed by atoms with Crippen LogP contribution >= 0.6 is 0 Å². The van der Waals surface area contributed by atoms with Crippen LogP contribution < -0.4 is 14.2 Å². The Balaban J connectivity index is 1.45. The molecule has 0 unspecified atom stereocenters. The number of methoxy groups -OCH3 is 1. The van der Waals surface area contributed by atoms with Gasteiger partial charge < -0.3 is 18.6 Å². The highest BCUT2D eigenvalue weighted by Gasteiger charge is 2.37. The predicted molar refractivity (Wildman–Crippen MR) is 110 cm³/mol. The summed E-state index contributed by atoms with van der Waals surface area (Å²) in [4.78, 5) is 2.21. The molecule has 0 spiro atoms. The van der Waals surface area contributed by atoms with E-state index < -0.39 is 0 Å². The van der Waals surface area contributed by atoms with Gasteiger partial charge in [-0.05, 0) is 59.8 Å². The second-order valence-electron chi connectivity index (χ2n) is 7.59. The van der Waals surface area contributed by atoms with Gasteiger partial charge in [-0.1, -0.05) is 0 Å². The zero-order valence-electron chi connectivity index (χ0n) is 17.4. The molecule has 2 aromatic carbocycles. The number of tetrazole rings is 1. The molecule has 162 valence electrons. The molecule has 0 fully saturated rings. The van der Waals surface area contributed by atoms with Crippen LogP contribution in [0.15, 0.2) is 41.1 Å². The van der Waals surface area contributed by atoms with Crippen molar-refractivity contribution in [1.82, 2.24) is 35.3 Å². The number of rotatable bonds is 4. The maximum Gasteiger partial charge on any atom is 0.247 e. The highest BCUT2D eigenvalue weighted by Crippen LogP contribution is 2.50. The fraction of sp³-hybridized carbons (Fsp3) is 0.286. The van der Waals surface area contributed by atoms with Gasteiger partial charge in [-0.25, -0.2) is 0 Å². The lowest BCUT2D eigenvalue weighted by atomic mass is 9.90. The van der Waals surface area contributed by atoms with E-state index in [1.165, 1.54) is 6.39 Å². The predicted octanol–water partition coefficient (Wildman–Crippen LogP) is 2.03. The first-order valence-electron chi connectivity index (χ1n) is 10.1. The molecule has 6 rings (SSSR count). The molecule has 1 atom stereocenters. The monoisotopic (exact) mass is 433 g/mol. The minimum absolute atomic E-state index is 0.180. The Labute approximate surface area is 182 Å². The average Bonchev–Trinajstić information content (AvgIpc) is 3.59. The molecular formula is C21H19N7O4. The normalized spacial score (nSPS) is 17.4. The lowest BCUT2D eigenvalue weighted by molar-refractivity contribution is 0.170. The summed E-state index contributed by atoms with van der Waals surface area (Å²) in [5.41, 5.74) is 3.75. The number of benzene rings is 2. The van der Waals surface area contributed by atoms with Crippen molar-refractivity contribution in [1.29, 1.82) is 0 Å². The molecule has 0 saturated heterocycles. The van der Waals surface area contributed by atoms with Gasteiger partial charge in [0.25, 0.3) is 0 Å². The Bertz CT molecular complexity index is 1270. The highest BCUT2D eigenvalue weighted by molar-refractivity contribution is 5.63. The number of aromatic nitrogens is 6. The van der Waals surface area contributed by atoms with Gasteiger partial charge in [-0.15, -0.1) is 15.3 Å². The molecule has 4 heterocycles. The summed E-state index contributed by atoms with van der Waals surface area (Å²) < 4.78 is 24.1. The Morgan fingerprint density at radius 3 is 2.78 bits per heavy atom. The fourth-order valence-corrected chi connectivity index (χ4v) is 4.35. The average molecular weight is 433 g/mol. The first-order valence-corrected chi connectivity index (χ1v) is 10.1. The fourth-order valence-electron chi connectivity index (χ4n) is 4.35. The van der Waals surface area contributed by atoms with Crippen LogP contribution in [0.25, 0.3) is 17.1 Å². The lowest BCUT2D eigenvalue weighted by Crippen LogP contribution is -2.35. The van der Waals surface area contributed by atoms with Crippen molar-refractivity contribution >= 4 is 0 Å². The second-order valence-corrected chi connectivity index (χ2v) is 7.59. The van der Waals surface area contributed by atoms with Gasteiger partial charge in [0.1, 0.15) is 6.04 Å². The van der Waals surface area contributed by atoms with E-state index in [9.17, 15) is 0 Å². The summed E-state index contributed by atoms with van der Waals surface area (Å²) in [6.45, 7) is 1.02. The van der Waals surface area contributed by atoms with Crippen molar-refractivity contribution in [3.05, 3.63) is 53.7 Å². The largest absolute Gasteiger partial charge is 0.492 e. The molecule has 0 radical (unpaired) electrons. The number of fused-ring (bicyclic) bond motifs is 2. The summed E-state index contributed by atoms with van der Waals surface area (Å²) in [6, 6.07) is 9.43.